The molecule has 0 saturated heterocycles. The number of aromatic nitrogens is 2. The number of nitrogens with one attached hydrogen (secondary N) is 2. The van der Waals surface area contributed by atoms with Crippen molar-refractivity contribution < 1.29 is 4.79 Å². The first kappa shape index (κ1) is 15.8. The average molecular weight is 367 g/mol. The van der Waals surface area contributed by atoms with E-state index in [0.29, 0.717) is 12.5 Å². The summed E-state index contributed by atoms with van der Waals surface area (Å²) in [6.07, 6.45) is 4.05. The van der Waals surface area contributed by atoms with Crippen molar-refractivity contribution in [1.82, 2.24) is 15.3 Å². The molecule has 0 saturated carbocycles. The molecule has 0 radical (unpaired) electrons. The molecular weight excluding hydrogens is 352 g/mol. The largest absolute Gasteiger partial charge is 0.338 e. The molecule has 0 aliphatic heterocycles. The van der Waals surface area contributed by atoms with E-state index in [2.05, 4.69) is 48.7 Å². The second-order valence-corrected chi connectivity index (χ2v) is 6.19. The summed E-state index contributed by atoms with van der Waals surface area (Å²) in [6, 6.07) is 9.60. The Hall–Kier alpha value is -1.60. The number of hydrogen-bond acceptors (Lipinski definition) is 4. The zero-order valence-corrected chi connectivity index (χ0v) is 13.7. The van der Waals surface area contributed by atoms with Crippen molar-refractivity contribution in [2.75, 3.05) is 17.6 Å². The quantitative estimate of drug-likeness (QED) is 0.605. The molecule has 1 heterocycles. The Kier molecular flexibility index (Phi) is 6.49. The van der Waals surface area contributed by atoms with Gasteiger partial charge < -0.3 is 5.32 Å². The third-order valence-corrected chi connectivity index (χ3v) is 4.11. The lowest BCUT2D eigenvalue weighted by molar-refractivity contribution is 0.252. The minimum Gasteiger partial charge on any atom is -0.338 e. The van der Waals surface area contributed by atoms with Crippen LogP contribution in [0.2, 0.25) is 0 Å². The molecular formula is C14H15BrN4OS. The van der Waals surface area contributed by atoms with Crippen LogP contribution >= 0.6 is 27.7 Å². The molecule has 2 aromatic rings. The Morgan fingerprint density at radius 3 is 2.62 bits per heavy atom. The van der Waals surface area contributed by atoms with Gasteiger partial charge >= 0.3 is 6.03 Å². The van der Waals surface area contributed by atoms with Crippen LogP contribution in [0.1, 0.15) is 6.42 Å². The van der Waals surface area contributed by atoms with Crippen molar-refractivity contribution >= 4 is 39.7 Å². The van der Waals surface area contributed by atoms with Crippen molar-refractivity contribution in [3.05, 3.63) is 47.2 Å². The molecule has 0 bridgehead atoms. The highest BCUT2D eigenvalue weighted by atomic mass is 79.9. The number of halogens is 1. The summed E-state index contributed by atoms with van der Waals surface area (Å²) in [5, 5.41) is 5.35. The molecule has 2 amide bonds. The highest BCUT2D eigenvalue weighted by Gasteiger charge is 2.02. The normalized spacial score (nSPS) is 10.1. The summed E-state index contributed by atoms with van der Waals surface area (Å²) in [5.41, 5.74) is 0. The molecule has 0 spiro atoms. The Morgan fingerprint density at radius 1 is 1.19 bits per heavy atom. The van der Waals surface area contributed by atoms with Crippen LogP contribution in [-0.4, -0.2) is 28.3 Å². The van der Waals surface area contributed by atoms with Gasteiger partial charge in [-0.3, -0.25) is 5.32 Å². The molecule has 2 N–H and O–H groups in total. The SMILES string of the molecule is O=C(NCCCSc1ccc(Br)cc1)Nc1ncccn1. The highest BCUT2D eigenvalue weighted by Crippen LogP contribution is 2.20. The Morgan fingerprint density at radius 2 is 1.90 bits per heavy atom. The van der Waals surface area contributed by atoms with E-state index < -0.39 is 0 Å². The van der Waals surface area contributed by atoms with Crippen LogP contribution in [0.3, 0.4) is 0 Å². The molecule has 0 atom stereocenters. The topological polar surface area (TPSA) is 66.9 Å². The third-order valence-electron chi connectivity index (χ3n) is 2.48. The lowest BCUT2D eigenvalue weighted by atomic mass is 10.4. The molecule has 0 aliphatic rings. The van der Waals surface area contributed by atoms with Gasteiger partial charge in [0.05, 0.1) is 0 Å². The van der Waals surface area contributed by atoms with E-state index in [1.165, 1.54) is 4.90 Å². The summed E-state index contributed by atoms with van der Waals surface area (Å²) in [7, 11) is 0. The fraction of sp³-hybridized carbons (Fsp3) is 0.214. The lowest BCUT2D eigenvalue weighted by Gasteiger charge is -2.06. The first-order chi connectivity index (χ1) is 10.2. The maximum atomic E-state index is 11.6. The van der Waals surface area contributed by atoms with Gasteiger partial charge in [-0.1, -0.05) is 15.9 Å². The van der Waals surface area contributed by atoms with Crippen LogP contribution in [0.5, 0.6) is 0 Å². The van der Waals surface area contributed by atoms with E-state index in [-0.39, 0.29) is 6.03 Å². The second kappa shape index (κ2) is 8.63. The molecule has 2 rings (SSSR count). The van der Waals surface area contributed by atoms with E-state index in [9.17, 15) is 4.79 Å². The maximum Gasteiger partial charge on any atom is 0.321 e. The molecule has 7 heteroatoms. The number of nitrogens with zero attached hydrogens (tertiary/aromatic N) is 2. The van der Waals surface area contributed by atoms with Crippen LogP contribution in [0.15, 0.2) is 52.1 Å². The van der Waals surface area contributed by atoms with Gasteiger partial charge in [-0.15, -0.1) is 11.8 Å². The maximum absolute atomic E-state index is 11.6. The molecule has 5 nitrogen and oxygen atoms in total. The highest BCUT2D eigenvalue weighted by molar-refractivity contribution is 9.10. The number of carbonyl (C=O) groups is 1. The predicted octanol–water partition coefficient (Wildman–Crippen LogP) is 3.54. The first-order valence-corrected chi connectivity index (χ1v) is 8.22. The zero-order valence-electron chi connectivity index (χ0n) is 11.3. The Balaban J connectivity index is 1.59. The number of thioether (sulfide) groups is 1. The number of amides is 2. The summed E-state index contributed by atoms with van der Waals surface area (Å²) >= 11 is 5.18. The van der Waals surface area contributed by atoms with Gasteiger partial charge in [-0.2, -0.15) is 0 Å². The second-order valence-electron chi connectivity index (χ2n) is 4.11. The fourth-order valence-electron chi connectivity index (χ4n) is 1.50. The Labute approximate surface area is 136 Å². The zero-order chi connectivity index (χ0) is 14.9. The van der Waals surface area contributed by atoms with E-state index >= 15 is 0 Å². The third kappa shape index (κ3) is 6.14. The van der Waals surface area contributed by atoms with Gasteiger partial charge in [-0.25, -0.2) is 14.8 Å². The molecule has 1 aromatic heterocycles. The van der Waals surface area contributed by atoms with Crippen molar-refractivity contribution in [3.8, 4) is 0 Å². The molecule has 110 valence electrons. The van der Waals surface area contributed by atoms with E-state index in [1.54, 1.807) is 30.2 Å². The molecule has 0 unspecified atom stereocenters. The summed E-state index contributed by atoms with van der Waals surface area (Å²) in [4.78, 5) is 20.6. The van der Waals surface area contributed by atoms with Gasteiger partial charge in [0.15, 0.2) is 0 Å². The monoisotopic (exact) mass is 366 g/mol. The van der Waals surface area contributed by atoms with Crippen LogP contribution in [0.4, 0.5) is 10.7 Å². The minimum absolute atomic E-state index is 0.283. The van der Waals surface area contributed by atoms with Crippen LogP contribution in [-0.2, 0) is 0 Å². The average Bonchev–Trinajstić information content (AvgIpc) is 2.50. The van der Waals surface area contributed by atoms with Crippen molar-refractivity contribution in [1.29, 1.82) is 0 Å². The number of anilines is 1. The van der Waals surface area contributed by atoms with Crippen molar-refractivity contribution in [3.63, 3.8) is 0 Å². The molecule has 0 aliphatic carbocycles. The number of benzene rings is 1. The van der Waals surface area contributed by atoms with Gasteiger partial charge in [-0.05, 0) is 42.5 Å². The van der Waals surface area contributed by atoms with E-state index in [1.807, 2.05) is 12.1 Å². The minimum atomic E-state index is -0.283. The standard InChI is InChI=1S/C14H15BrN4OS/c15-11-3-5-12(6-4-11)21-10-2-9-18-14(20)19-13-16-7-1-8-17-13/h1,3-8H,2,9-10H2,(H2,16,17,18,19,20). The van der Waals surface area contributed by atoms with Gasteiger partial charge in [0.1, 0.15) is 0 Å². The smallest absolute Gasteiger partial charge is 0.321 e. The molecule has 0 fully saturated rings. The van der Waals surface area contributed by atoms with E-state index in [4.69, 9.17) is 0 Å². The van der Waals surface area contributed by atoms with Crippen LogP contribution in [0, 0.1) is 0 Å². The lowest BCUT2D eigenvalue weighted by Crippen LogP contribution is -2.30. The molecule has 1 aromatic carbocycles. The summed E-state index contributed by atoms with van der Waals surface area (Å²) < 4.78 is 1.08. The van der Waals surface area contributed by atoms with Gasteiger partial charge in [0, 0.05) is 28.3 Å². The number of carbonyl (C=O) groups excluding carboxylic acids is 1. The molecule has 21 heavy (non-hydrogen) atoms. The summed E-state index contributed by atoms with van der Waals surface area (Å²) in [5.74, 6) is 1.25. The fourth-order valence-corrected chi connectivity index (χ4v) is 2.62. The van der Waals surface area contributed by atoms with Crippen molar-refractivity contribution in [2.24, 2.45) is 0 Å². The first-order valence-electron chi connectivity index (χ1n) is 6.44. The Bertz CT molecular complexity index is 565. The van der Waals surface area contributed by atoms with E-state index in [0.717, 1.165) is 16.6 Å². The number of rotatable bonds is 6. The van der Waals surface area contributed by atoms with Crippen LogP contribution in [0.25, 0.3) is 0 Å². The summed E-state index contributed by atoms with van der Waals surface area (Å²) in [6.45, 7) is 0.613. The van der Waals surface area contributed by atoms with Crippen molar-refractivity contribution in [2.45, 2.75) is 11.3 Å². The number of urea groups is 1. The predicted molar refractivity (Wildman–Crippen MR) is 88.5 cm³/mol. The number of hydrogen-bond donors (Lipinski definition) is 2. The van der Waals surface area contributed by atoms with Crippen LogP contribution < -0.4 is 10.6 Å². The van der Waals surface area contributed by atoms with Gasteiger partial charge in [0.25, 0.3) is 0 Å². The van der Waals surface area contributed by atoms with Gasteiger partial charge in [0.2, 0.25) is 5.95 Å².